The van der Waals surface area contributed by atoms with Gasteiger partial charge in [-0.1, -0.05) is 20.8 Å². The first-order valence-corrected chi connectivity index (χ1v) is 5.48. The van der Waals surface area contributed by atoms with Gasteiger partial charge in [-0.2, -0.15) is 0 Å². The number of nitro groups is 1. The minimum Gasteiger partial charge on any atom is -0.261 e. The molecule has 1 unspecified atom stereocenters. The summed E-state index contributed by atoms with van der Waals surface area (Å²) in [6.45, 7) is 6.09. The number of hydrogen-bond acceptors (Lipinski definition) is 3. The van der Waals surface area contributed by atoms with E-state index in [0.29, 0.717) is 12.1 Å². The molecule has 0 aliphatic rings. The van der Waals surface area contributed by atoms with Crippen molar-refractivity contribution in [1.29, 1.82) is 0 Å². The SMILES string of the molecule is CC(C)(C)C(Cl)Cc1cc([N+](=O)[O-])ccn1. The lowest BCUT2D eigenvalue weighted by atomic mass is 9.89. The Bertz CT molecular complexity index is 388. The Labute approximate surface area is 99.8 Å². The summed E-state index contributed by atoms with van der Waals surface area (Å²) in [6.07, 6.45) is 1.98. The van der Waals surface area contributed by atoms with Crippen LogP contribution in [0.25, 0.3) is 0 Å². The van der Waals surface area contributed by atoms with Gasteiger partial charge < -0.3 is 0 Å². The highest BCUT2D eigenvalue weighted by atomic mass is 35.5. The molecule has 0 spiro atoms. The Balaban J connectivity index is 2.82. The lowest BCUT2D eigenvalue weighted by Gasteiger charge is -2.24. The van der Waals surface area contributed by atoms with Crippen molar-refractivity contribution in [2.24, 2.45) is 5.41 Å². The van der Waals surface area contributed by atoms with Crippen LogP contribution < -0.4 is 0 Å². The molecule has 0 fully saturated rings. The molecule has 0 aliphatic heterocycles. The molecular formula is C11H15ClN2O2. The molecule has 1 atom stereocenters. The minimum absolute atomic E-state index is 0.0478. The Morgan fingerprint density at radius 1 is 1.56 bits per heavy atom. The third-order valence-electron chi connectivity index (χ3n) is 2.34. The average molecular weight is 243 g/mol. The first-order chi connectivity index (χ1) is 7.30. The quantitative estimate of drug-likeness (QED) is 0.465. The average Bonchev–Trinajstić information content (AvgIpc) is 2.16. The van der Waals surface area contributed by atoms with E-state index < -0.39 is 4.92 Å². The van der Waals surface area contributed by atoms with Gasteiger partial charge in [0.05, 0.1) is 4.92 Å². The lowest BCUT2D eigenvalue weighted by molar-refractivity contribution is -0.385. The molecule has 1 aromatic rings. The molecule has 0 aliphatic carbocycles. The second kappa shape index (κ2) is 4.78. The van der Waals surface area contributed by atoms with Crippen LogP contribution in [0, 0.1) is 15.5 Å². The number of hydrogen-bond donors (Lipinski definition) is 0. The highest BCUT2D eigenvalue weighted by Gasteiger charge is 2.23. The fraction of sp³-hybridized carbons (Fsp3) is 0.545. The van der Waals surface area contributed by atoms with Crippen molar-refractivity contribution in [2.45, 2.75) is 32.6 Å². The molecule has 0 aromatic carbocycles. The summed E-state index contributed by atoms with van der Waals surface area (Å²) in [5.74, 6) is 0. The zero-order chi connectivity index (χ0) is 12.3. The molecule has 1 aromatic heterocycles. The zero-order valence-electron chi connectivity index (χ0n) is 9.61. The van der Waals surface area contributed by atoms with E-state index in [-0.39, 0.29) is 16.5 Å². The van der Waals surface area contributed by atoms with E-state index in [9.17, 15) is 10.1 Å². The predicted molar refractivity (Wildman–Crippen MR) is 63.7 cm³/mol. The van der Waals surface area contributed by atoms with Crippen molar-refractivity contribution in [3.63, 3.8) is 0 Å². The van der Waals surface area contributed by atoms with E-state index in [1.165, 1.54) is 18.3 Å². The number of alkyl halides is 1. The van der Waals surface area contributed by atoms with Crippen LogP contribution in [0.15, 0.2) is 18.3 Å². The Kier molecular flexibility index (Phi) is 3.86. The Morgan fingerprint density at radius 3 is 2.69 bits per heavy atom. The third kappa shape index (κ3) is 3.45. The molecule has 88 valence electrons. The molecule has 5 heteroatoms. The monoisotopic (exact) mass is 242 g/mol. The van der Waals surface area contributed by atoms with Crippen LogP contribution in [-0.2, 0) is 6.42 Å². The molecular weight excluding hydrogens is 228 g/mol. The number of aromatic nitrogens is 1. The third-order valence-corrected chi connectivity index (χ3v) is 3.15. The summed E-state index contributed by atoms with van der Waals surface area (Å²) in [5, 5.41) is 10.5. The van der Waals surface area contributed by atoms with E-state index in [1.54, 1.807) is 0 Å². The van der Waals surface area contributed by atoms with Gasteiger partial charge in [-0.3, -0.25) is 15.1 Å². The summed E-state index contributed by atoms with van der Waals surface area (Å²) in [4.78, 5) is 14.2. The van der Waals surface area contributed by atoms with Crippen LogP contribution >= 0.6 is 11.6 Å². The first-order valence-electron chi connectivity index (χ1n) is 5.04. The van der Waals surface area contributed by atoms with Gasteiger partial charge >= 0.3 is 0 Å². The van der Waals surface area contributed by atoms with Gasteiger partial charge in [0.2, 0.25) is 0 Å². The molecule has 0 saturated heterocycles. The summed E-state index contributed by atoms with van der Waals surface area (Å²) in [6, 6.07) is 2.85. The maximum atomic E-state index is 10.6. The largest absolute Gasteiger partial charge is 0.272 e. The molecule has 1 rings (SSSR count). The number of pyridine rings is 1. The molecule has 0 amide bonds. The Morgan fingerprint density at radius 2 is 2.19 bits per heavy atom. The number of rotatable bonds is 3. The number of halogens is 1. The maximum Gasteiger partial charge on any atom is 0.272 e. The van der Waals surface area contributed by atoms with Crippen molar-refractivity contribution in [2.75, 3.05) is 0 Å². The van der Waals surface area contributed by atoms with Crippen LogP contribution in [0.3, 0.4) is 0 Å². The molecule has 16 heavy (non-hydrogen) atoms. The van der Waals surface area contributed by atoms with Crippen molar-refractivity contribution < 1.29 is 4.92 Å². The van der Waals surface area contributed by atoms with Crippen molar-refractivity contribution in [1.82, 2.24) is 4.98 Å². The van der Waals surface area contributed by atoms with Crippen molar-refractivity contribution >= 4 is 17.3 Å². The maximum absolute atomic E-state index is 10.6. The Hall–Kier alpha value is -1.16. The smallest absolute Gasteiger partial charge is 0.261 e. The fourth-order valence-electron chi connectivity index (χ4n) is 1.18. The van der Waals surface area contributed by atoms with Gasteiger partial charge in [-0.15, -0.1) is 11.6 Å². The molecule has 0 radical (unpaired) electrons. The van der Waals surface area contributed by atoms with E-state index in [4.69, 9.17) is 11.6 Å². The molecule has 1 heterocycles. The predicted octanol–water partition coefficient (Wildman–Crippen LogP) is 3.19. The van der Waals surface area contributed by atoms with Gasteiger partial charge in [-0.25, -0.2) is 0 Å². The van der Waals surface area contributed by atoms with E-state index in [1.807, 2.05) is 20.8 Å². The summed E-state index contributed by atoms with van der Waals surface area (Å²) in [5.41, 5.74) is 0.667. The standard InChI is InChI=1S/C11H15ClN2O2/c1-11(2,3)10(12)7-8-6-9(14(15)16)4-5-13-8/h4-6,10H,7H2,1-3H3. The summed E-state index contributed by atoms with van der Waals surface area (Å²) >= 11 is 6.21. The minimum atomic E-state index is -0.425. The molecule has 0 bridgehead atoms. The van der Waals surface area contributed by atoms with Crippen LogP contribution in [0.2, 0.25) is 0 Å². The summed E-state index contributed by atoms with van der Waals surface area (Å²) < 4.78 is 0. The lowest BCUT2D eigenvalue weighted by Crippen LogP contribution is -2.23. The van der Waals surface area contributed by atoms with Crippen LogP contribution in [0.1, 0.15) is 26.5 Å². The van der Waals surface area contributed by atoms with Gasteiger partial charge in [-0.05, 0) is 5.41 Å². The zero-order valence-corrected chi connectivity index (χ0v) is 10.4. The van der Waals surface area contributed by atoms with Gasteiger partial charge in [0, 0.05) is 35.8 Å². The van der Waals surface area contributed by atoms with Crippen molar-refractivity contribution in [3.05, 3.63) is 34.1 Å². The fourth-order valence-corrected chi connectivity index (χ4v) is 1.34. The van der Waals surface area contributed by atoms with Crippen LogP contribution in [-0.4, -0.2) is 15.3 Å². The van der Waals surface area contributed by atoms with E-state index >= 15 is 0 Å². The molecule has 0 N–H and O–H groups in total. The van der Waals surface area contributed by atoms with Gasteiger partial charge in [0.25, 0.3) is 5.69 Å². The highest BCUT2D eigenvalue weighted by Crippen LogP contribution is 2.27. The van der Waals surface area contributed by atoms with Crippen LogP contribution in [0.4, 0.5) is 5.69 Å². The topological polar surface area (TPSA) is 56.0 Å². The van der Waals surface area contributed by atoms with Gasteiger partial charge in [0.1, 0.15) is 0 Å². The van der Waals surface area contributed by atoms with Crippen LogP contribution in [0.5, 0.6) is 0 Å². The normalized spacial score (nSPS) is 13.5. The van der Waals surface area contributed by atoms with Crippen molar-refractivity contribution in [3.8, 4) is 0 Å². The number of nitrogens with zero attached hydrogens (tertiary/aromatic N) is 2. The van der Waals surface area contributed by atoms with E-state index in [2.05, 4.69) is 4.98 Å². The molecule has 4 nitrogen and oxygen atoms in total. The second-order valence-electron chi connectivity index (χ2n) is 4.80. The van der Waals surface area contributed by atoms with Gasteiger partial charge in [0.15, 0.2) is 0 Å². The highest BCUT2D eigenvalue weighted by molar-refractivity contribution is 6.21. The summed E-state index contributed by atoms with van der Waals surface area (Å²) in [7, 11) is 0. The first kappa shape index (κ1) is 12.9. The van der Waals surface area contributed by atoms with E-state index in [0.717, 1.165) is 0 Å². The second-order valence-corrected chi connectivity index (χ2v) is 5.33. The molecule has 0 saturated carbocycles.